The van der Waals surface area contributed by atoms with Crippen LogP contribution in [-0.4, -0.2) is 78.4 Å². The van der Waals surface area contributed by atoms with Crippen molar-refractivity contribution < 1.29 is 9.59 Å². The molecule has 0 aromatic heterocycles. The van der Waals surface area contributed by atoms with Gasteiger partial charge in [0.05, 0.1) is 6.54 Å². The summed E-state index contributed by atoms with van der Waals surface area (Å²) in [6.45, 7) is 7.05. The van der Waals surface area contributed by atoms with Crippen molar-refractivity contribution in [2.24, 2.45) is 5.73 Å². The minimum Gasteiger partial charge on any atom is -0.343 e. The van der Waals surface area contributed by atoms with Crippen LogP contribution < -0.4 is 5.73 Å². The maximum Gasteiger partial charge on any atom is 0.236 e. The van der Waals surface area contributed by atoms with Crippen LogP contribution in [0.5, 0.6) is 0 Å². The van der Waals surface area contributed by atoms with Crippen LogP contribution in [-0.2, 0) is 9.59 Å². The molecule has 0 saturated carbocycles. The molecule has 0 bridgehead atoms. The molecule has 0 atom stereocenters. The first-order valence-corrected chi connectivity index (χ1v) is 6.98. The Morgan fingerprint density at radius 3 is 2.26 bits per heavy atom. The first-order valence-electron chi connectivity index (χ1n) is 6.98. The highest BCUT2D eigenvalue weighted by Gasteiger charge is 2.29. The van der Waals surface area contributed by atoms with Crippen molar-refractivity contribution in [3.8, 4) is 0 Å². The first-order chi connectivity index (χ1) is 9.00. The molecule has 19 heavy (non-hydrogen) atoms. The third kappa shape index (κ3) is 3.91. The summed E-state index contributed by atoms with van der Waals surface area (Å²) in [6.07, 6.45) is 2.63. The Bertz CT molecular complexity index is 328. The van der Waals surface area contributed by atoms with Gasteiger partial charge in [-0.3, -0.25) is 14.5 Å². The van der Waals surface area contributed by atoms with E-state index >= 15 is 0 Å². The summed E-state index contributed by atoms with van der Waals surface area (Å²) < 4.78 is 0. The second kappa shape index (κ2) is 5.88. The second-order valence-electron chi connectivity index (χ2n) is 5.95. The van der Waals surface area contributed by atoms with Gasteiger partial charge in [-0.25, -0.2) is 0 Å². The number of piperidine rings is 1. The molecule has 2 rings (SSSR count). The van der Waals surface area contributed by atoms with E-state index in [1.54, 1.807) is 4.90 Å². The molecule has 0 aromatic rings. The van der Waals surface area contributed by atoms with Gasteiger partial charge < -0.3 is 15.5 Å². The van der Waals surface area contributed by atoms with Gasteiger partial charge in [0.1, 0.15) is 0 Å². The van der Waals surface area contributed by atoms with Gasteiger partial charge in [-0.2, -0.15) is 0 Å². The van der Waals surface area contributed by atoms with E-state index in [4.69, 9.17) is 5.73 Å². The first kappa shape index (κ1) is 14.3. The van der Waals surface area contributed by atoms with Gasteiger partial charge in [0.2, 0.25) is 12.3 Å². The number of nitrogens with zero attached hydrogens (tertiary/aromatic N) is 3. The lowest BCUT2D eigenvalue weighted by Crippen LogP contribution is -2.53. The molecule has 2 aliphatic heterocycles. The SMILES string of the molecule is CC1(N)CCN(C(=O)CN2CCN(C=O)CC2)CC1. The minimum atomic E-state index is -0.119. The Morgan fingerprint density at radius 2 is 1.74 bits per heavy atom. The third-order valence-corrected chi connectivity index (χ3v) is 4.17. The molecule has 6 heteroatoms. The van der Waals surface area contributed by atoms with Crippen LogP contribution in [0.2, 0.25) is 0 Å². The number of hydrogen-bond acceptors (Lipinski definition) is 4. The molecule has 0 unspecified atom stereocenters. The largest absolute Gasteiger partial charge is 0.343 e. The van der Waals surface area contributed by atoms with E-state index in [1.165, 1.54) is 0 Å². The molecule has 2 aliphatic rings. The summed E-state index contributed by atoms with van der Waals surface area (Å²) in [6, 6.07) is 0. The van der Waals surface area contributed by atoms with E-state index in [0.29, 0.717) is 6.54 Å². The Balaban J connectivity index is 1.74. The number of nitrogens with two attached hydrogens (primary N) is 1. The van der Waals surface area contributed by atoms with E-state index < -0.39 is 0 Å². The maximum atomic E-state index is 12.2. The van der Waals surface area contributed by atoms with Crippen LogP contribution in [0, 0.1) is 0 Å². The second-order valence-corrected chi connectivity index (χ2v) is 5.95. The van der Waals surface area contributed by atoms with E-state index in [9.17, 15) is 9.59 Å². The van der Waals surface area contributed by atoms with Gasteiger partial charge in [0, 0.05) is 44.8 Å². The number of carbonyl (C=O) groups excluding carboxylic acids is 2. The highest BCUT2D eigenvalue weighted by atomic mass is 16.2. The summed E-state index contributed by atoms with van der Waals surface area (Å²) in [5.41, 5.74) is 5.95. The Labute approximate surface area is 114 Å². The van der Waals surface area contributed by atoms with Gasteiger partial charge in [-0.1, -0.05) is 0 Å². The number of piperazine rings is 1. The predicted molar refractivity (Wildman–Crippen MR) is 72.5 cm³/mol. The molecule has 2 fully saturated rings. The van der Waals surface area contributed by atoms with Crippen molar-refractivity contribution >= 4 is 12.3 Å². The van der Waals surface area contributed by atoms with Crippen molar-refractivity contribution in [2.45, 2.75) is 25.3 Å². The maximum absolute atomic E-state index is 12.2. The molecule has 2 amide bonds. The van der Waals surface area contributed by atoms with Crippen molar-refractivity contribution in [3.05, 3.63) is 0 Å². The lowest BCUT2D eigenvalue weighted by Gasteiger charge is -2.38. The lowest BCUT2D eigenvalue weighted by atomic mass is 9.91. The van der Waals surface area contributed by atoms with Gasteiger partial charge >= 0.3 is 0 Å². The number of carbonyl (C=O) groups is 2. The molecule has 2 N–H and O–H groups in total. The number of rotatable bonds is 3. The van der Waals surface area contributed by atoms with E-state index in [-0.39, 0.29) is 11.4 Å². The number of likely N-dealkylation sites (tertiary alicyclic amines) is 1. The van der Waals surface area contributed by atoms with Crippen LogP contribution in [0.4, 0.5) is 0 Å². The Hall–Kier alpha value is -1.14. The van der Waals surface area contributed by atoms with Crippen molar-refractivity contribution in [1.29, 1.82) is 0 Å². The molecule has 0 radical (unpaired) electrons. The van der Waals surface area contributed by atoms with E-state index in [0.717, 1.165) is 58.5 Å². The van der Waals surface area contributed by atoms with Crippen molar-refractivity contribution in [2.75, 3.05) is 45.8 Å². The molecule has 2 saturated heterocycles. The highest BCUT2D eigenvalue weighted by Crippen LogP contribution is 2.18. The summed E-state index contributed by atoms with van der Waals surface area (Å²) >= 11 is 0. The van der Waals surface area contributed by atoms with Crippen LogP contribution in [0.25, 0.3) is 0 Å². The summed E-state index contributed by atoms with van der Waals surface area (Å²) in [4.78, 5) is 28.6. The van der Waals surface area contributed by atoms with E-state index in [1.807, 2.05) is 11.8 Å². The fraction of sp³-hybridized carbons (Fsp3) is 0.846. The molecule has 2 heterocycles. The predicted octanol–water partition coefficient (Wildman–Crippen LogP) is -0.900. The fourth-order valence-electron chi connectivity index (χ4n) is 2.59. The molecule has 0 aromatic carbocycles. The van der Waals surface area contributed by atoms with Gasteiger partial charge in [-0.05, 0) is 19.8 Å². The van der Waals surface area contributed by atoms with Crippen LogP contribution in [0.3, 0.4) is 0 Å². The number of hydrogen-bond donors (Lipinski definition) is 1. The molecular weight excluding hydrogens is 244 g/mol. The minimum absolute atomic E-state index is 0.119. The molecule has 108 valence electrons. The lowest BCUT2D eigenvalue weighted by molar-refractivity contribution is -0.134. The van der Waals surface area contributed by atoms with Crippen molar-refractivity contribution in [3.63, 3.8) is 0 Å². The van der Waals surface area contributed by atoms with Gasteiger partial charge in [-0.15, -0.1) is 0 Å². The molecular formula is C13H24N4O2. The molecule has 6 nitrogen and oxygen atoms in total. The quantitative estimate of drug-likeness (QED) is 0.674. The standard InChI is InChI=1S/C13H24N4O2/c1-13(14)2-4-17(5-3-13)12(19)10-15-6-8-16(11-18)9-7-15/h11H,2-10,14H2,1H3. The Kier molecular flexibility index (Phi) is 4.42. The van der Waals surface area contributed by atoms with Gasteiger partial charge in [0.15, 0.2) is 0 Å². The van der Waals surface area contributed by atoms with Gasteiger partial charge in [0.25, 0.3) is 0 Å². The summed E-state index contributed by atoms with van der Waals surface area (Å²) in [5.74, 6) is 0.190. The fourth-order valence-corrected chi connectivity index (χ4v) is 2.59. The van der Waals surface area contributed by atoms with Crippen LogP contribution in [0.1, 0.15) is 19.8 Å². The van der Waals surface area contributed by atoms with Crippen molar-refractivity contribution in [1.82, 2.24) is 14.7 Å². The zero-order chi connectivity index (χ0) is 13.9. The third-order valence-electron chi connectivity index (χ3n) is 4.17. The normalized spacial score (nSPS) is 24.3. The smallest absolute Gasteiger partial charge is 0.236 e. The van der Waals surface area contributed by atoms with E-state index in [2.05, 4.69) is 4.90 Å². The zero-order valence-corrected chi connectivity index (χ0v) is 11.7. The Morgan fingerprint density at radius 1 is 1.16 bits per heavy atom. The van der Waals surface area contributed by atoms with Crippen LogP contribution in [0.15, 0.2) is 0 Å². The zero-order valence-electron chi connectivity index (χ0n) is 11.7. The topological polar surface area (TPSA) is 69.9 Å². The monoisotopic (exact) mass is 268 g/mol. The summed E-state index contributed by atoms with van der Waals surface area (Å²) in [5, 5.41) is 0. The summed E-state index contributed by atoms with van der Waals surface area (Å²) in [7, 11) is 0. The number of amides is 2. The average Bonchev–Trinajstić information content (AvgIpc) is 2.39. The highest BCUT2D eigenvalue weighted by molar-refractivity contribution is 5.78. The molecule has 0 spiro atoms. The average molecular weight is 268 g/mol. The van der Waals surface area contributed by atoms with Crippen LogP contribution >= 0.6 is 0 Å². The molecule has 0 aliphatic carbocycles.